The number of nitrogens with one attached hydrogen (secondary N) is 1. The topological polar surface area (TPSA) is 55.1 Å². The van der Waals surface area contributed by atoms with Gasteiger partial charge in [-0.25, -0.2) is 0 Å². The second-order valence-corrected chi connectivity index (χ2v) is 5.47. The van der Waals surface area contributed by atoms with E-state index < -0.39 is 0 Å². The summed E-state index contributed by atoms with van der Waals surface area (Å²) in [6.07, 6.45) is 2.10. The summed E-state index contributed by atoms with van der Waals surface area (Å²) in [5, 5.41) is 2.92. The lowest BCUT2D eigenvalue weighted by molar-refractivity contribution is -0.120. The highest BCUT2D eigenvalue weighted by atomic mass is 79.9. The van der Waals surface area contributed by atoms with E-state index in [4.69, 9.17) is 5.73 Å². The van der Waals surface area contributed by atoms with Crippen LogP contribution in [0.4, 0.5) is 0 Å². The van der Waals surface area contributed by atoms with E-state index in [0.717, 1.165) is 22.9 Å². The Kier molecular flexibility index (Phi) is 5.82. The van der Waals surface area contributed by atoms with Gasteiger partial charge in [0.05, 0.1) is 6.42 Å². The fourth-order valence-electron chi connectivity index (χ4n) is 1.65. The summed E-state index contributed by atoms with van der Waals surface area (Å²) in [5.74, 6) is 0.0126. The first-order chi connectivity index (χ1) is 8.50. The van der Waals surface area contributed by atoms with E-state index in [0.29, 0.717) is 13.0 Å². The maximum Gasteiger partial charge on any atom is 0.224 e. The maximum absolute atomic E-state index is 11.9. The van der Waals surface area contributed by atoms with Gasteiger partial charge in [0.15, 0.2) is 0 Å². The molecule has 0 unspecified atom stereocenters. The molecule has 0 aliphatic heterocycles. The molecule has 0 aromatic heterocycles. The Morgan fingerprint density at radius 1 is 1.33 bits per heavy atom. The highest BCUT2D eigenvalue weighted by molar-refractivity contribution is 9.10. The minimum Gasteiger partial charge on any atom is -0.354 e. The lowest BCUT2D eigenvalue weighted by Crippen LogP contribution is -2.49. The molecule has 0 atom stereocenters. The molecule has 0 spiro atoms. The Morgan fingerprint density at radius 3 is 2.50 bits per heavy atom. The molecule has 1 aromatic carbocycles. The van der Waals surface area contributed by atoms with E-state index in [1.807, 2.05) is 38.1 Å². The Balaban J connectivity index is 2.50. The van der Waals surface area contributed by atoms with Crippen LogP contribution in [-0.4, -0.2) is 18.0 Å². The molecule has 0 bridgehead atoms. The van der Waals surface area contributed by atoms with E-state index in [1.54, 1.807) is 0 Å². The van der Waals surface area contributed by atoms with Gasteiger partial charge >= 0.3 is 0 Å². The largest absolute Gasteiger partial charge is 0.354 e. The quantitative estimate of drug-likeness (QED) is 0.848. The normalized spacial score (nSPS) is 11.3. The Morgan fingerprint density at radius 2 is 1.94 bits per heavy atom. The van der Waals surface area contributed by atoms with Gasteiger partial charge in [0.25, 0.3) is 0 Å². The highest BCUT2D eigenvalue weighted by Crippen LogP contribution is 2.16. The van der Waals surface area contributed by atoms with Crippen molar-refractivity contribution in [3.8, 4) is 0 Å². The van der Waals surface area contributed by atoms with Crippen molar-refractivity contribution in [1.82, 2.24) is 5.32 Å². The Hall–Kier alpha value is -0.870. The number of amides is 1. The molecule has 1 amide bonds. The third-order valence-corrected chi connectivity index (χ3v) is 4.13. The van der Waals surface area contributed by atoms with Gasteiger partial charge in [-0.3, -0.25) is 4.79 Å². The van der Waals surface area contributed by atoms with Gasteiger partial charge in [-0.1, -0.05) is 48.0 Å². The summed E-state index contributed by atoms with van der Waals surface area (Å²) in [6.45, 7) is 4.62. The number of carbonyl (C=O) groups excluding carboxylic acids is 1. The zero-order chi connectivity index (χ0) is 13.6. The average molecular weight is 313 g/mol. The van der Waals surface area contributed by atoms with Gasteiger partial charge in [-0.15, -0.1) is 0 Å². The van der Waals surface area contributed by atoms with Crippen molar-refractivity contribution in [2.45, 2.75) is 38.6 Å². The smallest absolute Gasteiger partial charge is 0.224 e. The number of hydrogen-bond acceptors (Lipinski definition) is 2. The number of rotatable bonds is 6. The molecule has 100 valence electrons. The summed E-state index contributed by atoms with van der Waals surface area (Å²) >= 11 is 3.44. The van der Waals surface area contributed by atoms with Gasteiger partial charge in [0.2, 0.25) is 5.91 Å². The molecule has 0 fully saturated rings. The Labute approximate surface area is 117 Å². The van der Waals surface area contributed by atoms with Crippen LogP contribution in [0.2, 0.25) is 0 Å². The second-order valence-electron chi connectivity index (χ2n) is 4.61. The molecule has 1 rings (SSSR count). The number of benzene rings is 1. The first kappa shape index (κ1) is 15.2. The molecule has 0 aliphatic rings. The van der Waals surface area contributed by atoms with Crippen molar-refractivity contribution in [2.24, 2.45) is 5.73 Å². The standard InChI is InChI=1S/C14H21BrN2O/c1-3-14(16,4-2)10-17-13(18)9-11-7-5-6-8-12(11)15/h5-8H,3-4,9-10,16H2,1-2H3,(H,17,18). The molecule has 4 heteroatoms. The van der Waals surface area contributed by atoms with Crippen molar-refractivity contribution in [2.75, 3.05) is 6.54 Å². The van der Waals surface area contributed by atoms with Crippen molar-refractivity contribution >= 4 is 21.8 Å². The summed E-state index contributed by atoms with van der Waals surface area (Å²) in [6, 6.07) is 7.75. The monoisotopic (exact) mass is 312 g/mol. The molecule has 0 saturated carbocycles. The van der Waals surface area contributed by atoms with Gasteiger partial charge in [-0.05, 0) is 24.5 Å². The summed E-state index contributed by atoms with van der Waals surface area (Å²) < 4.78 is 0.963. The minimum atomic E-state index is -0.288. The van der Waals surface area contributed by atoms with Crippen LogP contribution in [0.3, 0.4) is 0 Å². The zero-order valence-electron chi connectivity index (χ0n) is 11.0. The van der Waals surface area contributed by atoms with Crippen LogP contribution in [0, 0.1) is 0 Å². The SMILES string of the molecule is CCC(N)(CC)CNC(=O)Cc1ccccc1Br. The van der Waals surface area contributed by atoms with Crippen molar-refractivity contribution < 1.29 is 4.79 Å². The number of carbonyl (C=O) groups is 1. The third kappa shape index (κ3) is 4.42. The highest BCUT2D eigenvalue weighted by Gasteiger charge is 2.20. The molecule has 0 aliphatic carbocycles. The van der Waals surface area contributed by atoms with Crippen LogP contribution in [0.1, 0.15) is 32.3 Å². The lowest BCUT2D eigenvalue weighted by Gasteiger charge is -2.26. The van der Waals surface area contributed by atoms with Gasteiger partial charge < -0.3 is 11.1 Å². The fourth-order valence-corrected chi connectivity index (χ4v) is 2.08. The molecule has 0 saturated heterocycles. The summed E-state index contributed by atoms with van der Waals surface area (Å²) in [4.78, 5) is 11.9. The van der Waals surface area contributed by atoms with Gasteiger partial charge in [0.1, 0.15) is 0 Å². The summed E-state index contributed by atoms with van der Waals surface area (Å²) in [7, 11) is 0. The van der Waals surface area contributed by atoms with E-state index in [-0.39, 0.29) is 11.4 Å². The van der Waals surface area contributed by atoms with E-state index in [9.17, 15) is 4.79 Å². The molecule has 0 radical (unpaired) electrons. The maximum atomic E-state index is 11.9. The molecular formula is C14H21BrN2O. The van der Waals surface area contributed by atoms with Crippen LogP contribution in [-0.2, 0) is 11.2 Å². The van der Waals surface area contributed by atoms with E-state index in [1.165, 1.54) is 0 Å². The Bertz CT molecular complexity index is 403. The third-order valence-electron chi connectivity index (χ3n) is 3.35. The van der Waals surface area contributed by atoms with Crippen LogP contribution in [0.5, 0.6) is 0 Å². The van der Waals surface area contributed by atoms with Crippen LogP contribution in [0.25, 0.3) is 0 Å². The minimum absolute atomic E-state index is 0.0126. The number of hydrogen-bond donors (Lipinski definition) is 2. The van der Waals surface area contributed by atoms with Gasteiger partial charge in [0, 0.05) is 16.6 Å². The first-order valence-corrected chi connectivity index (χ1v) is 7.09. The molecule has 1 aromatic rings. The predicted molar refractivity (Wildman–Crippen MR) is 78.4 cm³/mol. The summed E-state index contributed by atoms with van der Waals surface area (Å²) in [5.41, 5.74) is 6.85. The molecule has 0 heterocycles. The second kappa shape index (κ2) is 6.90. The van der Waals surface area contributed by atoms with Crippen molar-refractivity contribution in [3.05, 3.63) is 34.3 Å². The first-order valence-electron chi connectivity index (χ1n) is 6.29. The molecule has 18 heavy (non-hydrogen) atoms. The molecule has 3 N–H and O–H groups in total. The van der Waals surface area contributed by atoms with Crippen molar-refractivity contribution in [1.29, 1.82) is 0 Å². The van der Waals surface area contributed by atoms with E-state index >= 15 is 0 Å². The number of halogens is 1. The molecular weight excluding hydrogens is 292 g/mol. The lowest BCUT2D eigenvalue weighted by atomic mass is 9.94. The van der Waals surface area contributed by atoms with Gasteiger partial charge in [-0.2, -0.15) is 0 Å². The van der Waals surface area contributed by atoms with E-state index in [2.05, 4.69) is 21.2 Å². The molecule has 3 nitrogen and oxygen atoms in total. The van der Waals surface area contributed by atoms with Crippen molar-refractivity contribution in [3.63, 3.8) is 0 Å². The number of nitrogens with two attached hydrogens (primary N) is 1. The fraction of sp³-hybridized carbons (Fsp3) is 0.500. The van der Waals surface area contributed by atoms with Crippen LogP contribution < -0.4 is 11.1 Å². The average Bonchev–Trinajstić information content (AvgIpc) is 2.39. The predicted octanol–water partition coefficient (Wildman–Crippen LogP) is 2.63. The van der Waals surface area contributed by atoms with Crippen LogP contribution in [0.15, 0.2) is 28.7 Å². The van der Waals surface area contributed by atoms with Crippen LogP contribution >= 0.6 is 15.9 Å². The zero-order valence-corrected chi connectivity index (χ0v) is 12.6.